The first-order chi connectivity index (χ1) is 9.27. The molecule has 0 saturated carbocycles. The Kier molecular flexibility index (Phi) is 3.42. The van der Waals surface area contributed by atoms with Crippen LogP contribution in [0.3, 0.4) is 0 Å². The zero-order valence-corrected chi connectivity index (χ0v) is 11.4. The number of aryl methyl sites for hydroxylation is 1. The summed E-state index contributed by atoms with van der Waals surface area (Å²) in [5, 5.41) is 3.35. The first kappa shape index (κ1) is 12.5. The van der Waals surface area contributed by atoms with E-state index < -0.39 is 0 Å². The zero-order chi connectivity index (χ0) is 13.2. The molecule has 3 rings (SSSR count). The molecular weight excluding hydrogens is 238 g/mol. The van der Waals surface area contributed by atoms with Gasteiger partial charge in [0.15, 0.2) is 0 Å². The van der Waals surface area contributed by atoms with Crippen molar-refractivity contribution in [2.45, 2.75) is 25.8 Å². The summed E-state index contributed by atoms with van der Waals surface area (Å²) in [4.78, 5) is 16.6. The van der Waals surface area contributed by atoms with Crippen LogP contribution >= 0.6 is 0 Å². The number of urea groups is 1. The van der Waals surface area contributed by atoms with E-state index in [-0.39, 0.29) is 6.03 Å². The van der Waals surface area contributed by atoms with E-state index in [1.54, 1.807) is 0 Å². The molecule has 19 heavy (non-hydrogen) atoms. The van der Waals surface area contributed by atoms with Gasteiger partial charge in [-0.2, -0.15) is 0 Å². The van der Waals surface area contributed by atoms with Crippen LogP contribution in [0.2, 0.25) is 0 Å². The van der Waals surface area contributed by atoms with Crippen LogP contribution in [0, 0.1) is 6.92 Å². The third-order valence-electron chi connectivity index (χ3n) is 4.20. The molecule has 1 aromatic carbocycles. The normalized spacial score (nSPS) is 21.2. The Labute approximate surface area is 114 Å². The molecule has 0 spiro atoms. The van der Waals surface area contributed by atoms with Gasteiger partial charge in [-0.3, -0.25) is 4.90 Å². The molecule has 102 valence electrons. The summed E-state index contributed by atoms with van der Waals surface area (Å²) in [5.41, 5.74) is 2.23. The molecular formula is C15H21N3O. The van der Waals surface area contributed by atoms with E-state index in [4.69, 9.17) is 0 Å². The van der Waals surface area contributed by atoms with Crippen LogP contribution in [0.4, 0.5) is 10.5 Å². The highest BCUT2D eigenvalue weighted by atomic mass is 16.2. The van der Waals surface area contributed by atoms with Gasteiger partial charge in [0, 0.05) is 24.8 Å². The lowest BCUT2D eigenvalue weighted by molar-refractivity contribution is 0.185. The van der Waals surface area contributed by atoms with Crippen LogP contribution in [0.5, 0.6) is 0 Å². The molecule has 2 heterocycles. The molecule has 0 radical (unpaired) electrons. The van der Waals surface area contributed by atoms with Crippen molar-refractivity contribution in [1.29, 1.82) is 0 Å². The third kappa shape index (κ3) is 2.32. The number of nitrogens with one attached hydrogen (secondary N) is 1. The van der Waals surface area contributed by atoms with Gasteiger partial charge < -0.3 is 10.2 Å². The van der Waals surface area contributed by atoms with Crippen molar-refractivity contribution in [3.63, 3.8) is 0 Å². The summed E-state index contributed by atoms with van der Waals surface area (Å²) in [6.07, 6.45) is 2.15. The number of rotatable bonds is 2. The van der Waals surface area contributed by atoms with Crippen LogP contribution in [-0.4, -0.2) is 43.2 Å². The minimum absolute atomic E-state index is 0.182. The molecule has 2 aliphatic heterocycles. The van der Waals surface area contributed by atoms with E-state index >= 15 is 0 Å². The summed E-state index contributed by atoms with van der Waals surface area (Å²) in [6.45, 7) is 5.79. The van der Waals surface area contributed by atoms with Gasteiger partial charge in [0.25, 0.3) is 0 Å². The van der Waals surface area contributed by atoms with Gasteiger partial charge in [0.2, 0.25) is 0 Å². The highest BCUT2D eigenvalue weighted by molar-refractivity contribution is 5.95. The Morgan fingerprint density at radius 2 is 1.89 bits per heavy atom. The van der Waals surface area contributed by atoms with Crippen molar-refractivity contribution in [2.75, 3.05) is 31.1 Å². The van der Waals surface area contributed by atoms with Crippen LogP contribution in [-0.2, 0) is 0 Å². The molecule has 2 amide bonds. The van der Waals surface area contributed by atoms with Crippen molar-refractivity contribution in [3.05, 3.63) is 29.8 Å². The molecule has 0 bridgehead atoms. The molecule has 2 aliphatic rings. The second-order valence-corrected chi connectivity index (χ2v) is 5.40. The van der Waals surface area contributed by atoms with Gasteiger partial charge in [-0.05, 0) is 44.5 Å². The summed E-state index contributed by atoms with van der Waals surface area (Å²) in [7, 11) is 0. The molecule has 4 nitrogen and oxygen atoms in total. The lowest BCUT2D eigenvalue weighted by atomic mass is 10.1. The summed E-state index contributed by atoms with van der Waals surface area (Å²) < 4.78 is 0. The van der Waals surface area contributed by atoms with Gasteiger partial charge in [-0.15, -0.1) is 0 Å². The predicted octanol–water partition coefficient (Wildman–Crippen LogP) is 1.99. The quantitative estimate of drug-likeness (QED) is 0.881. The van der Waals surface area contributed by atoms with Crippen molar-refractivity contribution < 1.29 is 4.79 Å². The number of anilines is 1. The molecule has 1 N–H and O–H groups in total. The van der Waals surface area contributed by atoms with Crippen LogP contribution in [0.25, 0.3) is 0 Å². The topological polar surface area (TPSA) is 35.6 Å². The van der Waals surface area contributed by atoms with Gasteiger partial charge in [-0.25, -0.2) is 4.79 Å². The summed E-state index contributed by atoms with van der Waals surface area (Å²) in [5.74, 6) is 0. The number of carbonyl (C=O) groups is 1. The molecule has 2 saturated heterocycles. The van der Waals surface area contributed by atoms with E-state index in [1.165, 1.54) is 5.56 Å². The fourth-order valence-corrected chi connectivity index (χ4v) is 3.10. The average molecular weight is 259 g/mol. The largest absolute Gasteiger partial charge is 0.324 e. The van der Waals surface area contributed by atoms with Crippen molar-refractivity contribution >= 4 is 11.7 Å². The summed E-state index contributed by atoms with van der Waals surface area (Å²) in [6, 6.07) is 8.73. The maximum atomic E-state index is 12.6. The Morgan fingerprint density at radius 3 is 2.63 bits per heavy atom. The third-order valence-corrected chi connectivity index (χ3v) is 4.20. The lowest BCUT2D eigenvalue weighted by Gasteiger charge is -2.31. The van der Waals surface area contributed by atoms with E-state index in [1.807, 2.05) is 23.1 Å². The fraction of sp³-hybridized carbons (Fsp3) is 0.533. The zero-order valence-electron chi connectivity index (χ0n) is 11.4. The average Bonchev–Trinajstić information content (AvgIpc) is 2.82. The Bertz CT molecular complexity index is 468. The number of carbonyl (C=O) groups excluding carboxylic acids is 1. The molecule has 0 atom stereocenters. The molecule has 4 heteroatoms. The Balaban J connectivity index is 1.76. The van der Waals surface area contributed by atoms with Gasteiger partial charge in [0.05, 0.1) is 0 Å². The summed E-state index contributed by atoms with van der Waals surface area (Å²) >= 11 is 0. The van der Waals surface area contributed by atoms with Crippen molar-refractivity contribution in [2.24, 2.45) is 0 Å². The number of hydrogen-bond acceptors (Lipinski definition) is 2. The number of hydrogen-bond donors (Lipinski definition) is 1. The van der Waals surface area contributed by atoms with Crippen LogP contribution in [0.15, 0.2) is 24.3 Å². The first-order valence-electron chi connectivity index (χ1n) is 7.12. The smallest absolute Gasteiger partial charge is 0.319 e. The predicted molar refractivity (Wildman–Crippen MR) is 76.5 cm³/mol. The van der Waals surface area contributed by atoms with Gasteiger partial charge >= 0.3 is 6.03 Å². The SMILES string of the molecule is Cc1ccccc1N1CCN(C2CCNCC2)C1=O. The van der Waals surface area contributed by atoms with Crippen LogP contribution < -0.4 is 10.2 Å². The van der Waals surface area contributed by atoms with Gasteiger partial charge in [-0.1, -0.05) is 18.2 Å². The minimum Gasteiger partial charge on any atom is -0.319 e. The maximum Gasteiger partial charge on any atom is 0.324 e. The molecule has 2 fully saturated rings. The Morgan fingerprint density at radius 1 is 1.16 bits per heavy atom. The highest BCUT2D eigenvalue weighted by Crippen LogP contribution is 2.26. The highest BCUT2D eigenvalue weighted by Gasteiger charge is 2.35. The Hall–Kier alpha value is -1.55. The first-order valence-corrected chi connectivity index (χ1v) is 7.12. The van der Waals surface area contributed by atoms with Crippen molar-refractivity contribution in [3.8, 4) is 0 Å². The van der Waals surface area contributed by atoms with E-state index in [0.717, 1.165) is 44.7 Å². The second kappa shape index (κ2) is 5.21. The lowest BCUT2D eigenvalue weighted by Crippen LogP contribution is -2.45. The van der Waals surface area contributed by atoms with Crippen LogP contribution in [0.1, 0.15) is 18.4 Å². The molecule has 0 aliphatic carbocycles. The van der Waals surface area contributed by atoms with E-state index in [0.29, 0.717) is 6.04 Å². The molecule has 1 aromatic rings. The monoisotopic (exact) mass is 259 g/mol. The standard InChI is InChI=1S/C15H21N3O/c1-12-4-2-3-5-14(12)18-11-10-17(15(18)19)13-6-8-16-9-7-13/h2-5,13,16H,6-11H2,1H3. The number of piperidine rings is 1. The number of para-hydroxylation sites is 1. The van der Waals surface area contributed by atoms with Crippen molar-refractivity contribution in [1.82, 2.24) is 10.2 Å². The van der Waals surface area contributed by atoms with E-state index in [9.17, 15) is 4.79 Å². The fourth-order valence-electron chi connectivity index (χ4n) is 3.10. The number of nitrogens with zero attached hydrogens (tertiary/aromatic N) is 2. The maximum absolute atomic E-state index is 12.6. The molecule has 0 aromatic heterocycles. The second-order valence-electron chi connectivity index (χ2n) is 5.40. The van der Waals surface area contributed by atoms with E-state index in [2.05, 4.69) is 23.2 Å². The minimum atomic E-state index is 0.182. The van der Waals surface area contributed by atoms with Gasteiger partial charge in [0.1, 0.15) is 0 Å². The number of amides is 2. The molecule has 0 unspecified atom stereocenters. The number of benzene rings is 1.